The molecule has 0 heterocycles. The van der Waals surface area contributed by atoms with Crippen LogP contribution in [0.2, 0.25) is 0 Å². The van der Waals surface area contributed by atoms with Gasteiger partial charge in [-0.1, -0.05) is 0 Å². The van der Waals surface area contributed by atoms with Gasteiger partial charge in [-0.3, -0.25) is 0 Å². The molecule has 0 aliphatic heterocycles. The van der Waals surface area contributed by atoms with E-state index in [1.807, 2.05) is 0 Å². The molecule has 7 heavy (non-hydrogen) atoms. The van der Waals surface area contributed by atoms with Gasteiger partial charge in [0.1, 0.15) is 0 Å². The summed E-state index contributed by atoms with van der Waals surface area (Å²) in [5, 5.41) is 11.4. The van der Waals surface area contributed by atoms with Crippen molar-refractivity contribution in [3.8, 4) is 0 Å². The highest BCUT2D eigenvalue weighted by Gasteiger charge is 1.55. The van der Waals surface area contributed by atoms with Crippen LogP contribution in [-0.4, -0.2) is 6.34 Å². The lowest BCUT2D eigenvalue weighted by atomic mass is 11.4. The van der Waals surface area contributed by atoms with Gasteiger partial charge in [0.25, 0.3) is 0 Å². The molecule has 0 unspecified atom stereocenters. The zero-order chi connectivity index (χ0) is 5.54. The summed E-state index contributed by atoms with van der Waals surface area (Å²) in [4.78, 5) is 0. The Hall–Kier alpha value is -1.33. The van der Waals surface area contributed by atoms with Crippen LogP contribution in [0.3, 0.4) is 0 Å². The van der Waals surface area contributed by atoms with Crippen molar-refractivity contribution in [2.24, 2.45) is 26.5 Å². The molecular formula is CH4N6. The van der Waals surface area contributed by atoms with E-state index in [1.54, 1.807) is 0 Å². The van der Waals surface area contributed by atoms with Gasteiger partial charge in [-0.15, -0.1) is 5.11 Å². The van der Waals surface area contributed by atoms with Crippen molar-refractivity contribution in [1.29, 1.82) is 5.53 Å². The molecule has 38 valence electrons. The monoisotopic (exact) mass is 100 g/mol. The first kappa shape index (κ1) is 5.67. The molecule has 0 aliphatic rings. The van der Waals surface area contributed by atoms with Crippen LogP contribution in [0.4, 0.5) is 0 Å². The fourth-order valence-corrected chi connectivity index (χ4v) is 0.0787. The molecule has 0 saturated heterocycles. The third-order valence-electron chi connectivity index (χ3n) is 0.215. The Morgan fingerprint density at radius 1 is 1.57 bits per heavy atom. The molecule has 0 aromatic heterocycles. The highest BCUT2D eigenvalue weighted by atomic mass is 15.4. The molecule has 0 amide bonds. The molecule has 0 rings (SSSR count). The van der Waals surface area contributed by atoms with E-state index in [0.717, 1.165) is 6.34 Å². The van der Waals surface area contributed by atoms with Gasteiger partial charge >= 0.3 is 0 Å². The predicted octanol–water partition coefficient (Wildman–Crippen LogP) is 0.287. The fraction of sp³-hybridized carbons (Fsp3) is 0. The minimum Gasteiger partial charge on any atom is -0.322 e. The molecule has 0 atom stereocenters. The largest absolute Gasteiger partial charge is 0.322 e. The summed E-state index contributed by atoms with van der Waals surface area (Å²) in [7, 11) is 0. The summed E-state index contributed by atoms with van der Waals surface area (Å²) in [6.45, 7) is 0. The average Bonchev–Trinajstić information content (AvgIpc) is 1.69. The molecule has 0 fully saturated rings. The Kier molecular flexibility index (Phi) is 3.78. The third-order valence-corrected chi connectivity index (χ3v) is 0.215. The molecule has 0 bridgehead atoms. The van der Waals surface area contributed by atoms with Gasteiger partial charge in [0.05, 0.1) is 0 Å². The summed E-state index contributed by atoms with van der Waals surface area (Å²) in [6.07, 6.45) is 0.984. The Morgan fingerprint density at radius 2 is 2.29 bits per heavy atom. The van der Waals surface area contributed by atoms with Gasteiger partial charge in [-0.25, -0.2) is 0 Å². The van der Waals surface area contributed by atoms with Crippen LogP contribution >= 0.6 is 0 Å². The Balaban J connectivity index is 3.27. The van der Waals surface area contributed by atoms with Gasteiger partial charge in [-0.05, 0) is 10.4 Å². The van der Waals surface area contributed by atoms with E-state index >= 15 is 0 Å². The van der Waals surface area contributed by atoms with Crippen molar-refractivity contribution in [3.05, 3.63) is 0 Å². The highest BCUT2D eigenvalue weighted by Crippen LogP contribution is 1.67. The minimum atomic E-state index is 0.984. The summed E-state index contributed by atoms with van der Waals surface area (Å²) in [6, 6.07) is 0. The van der Waals surface area contributed by atoms with Crippen molar-refractivity contribution in [3.63, 3.8) is 0 Å². The Morgan fingerprint density at radius 3 is 2.71 bits per heavy atom. The fourth-order valence-electron chi connectivity index (χ4n) is 0.0787. The van der Waals surface area contributed by atoms with E-state index in [2.05, 4.69) is 26.5 Å². The van der Waals surface area contributed by atoms with Crippen LogP contribution in [0, 0.1) is 5.53 Å². The first-order chi connectivity index (χ1) is 3.41. The van der Waals surface area contributed by atoms with Gasteiger partial charge < -0.3 is 5.84 Å². The topological polar surface area (TPSA) is 99.3 Å². The van der Waals surface area contributed by atoms with Crippen LogP contribution in [-0.2, 0) is 0 Å². The van der Waals surface area contributed by atoms with Gasteiger partial charge in [0.2, 0.25) is 0 Å². The molecule has 6 heteroatoms. The van der Waals surface area contributed by atoms with E-state index in [4.69, 9.17) is 5.53 Å². The molecule has 0 aromatic carbocycles. The maximum atomic E-state index is 6.04. The lowest BCUT2D eigenvalue weighted by Crippen LogP contribution is -1.76. The number of hydrogen-bond donors (Lipinski definition) is 2. The SMILES string of the molecule is N=NN=N/C=N\N. The number of nitrogens with two attached hydrogens (primary N) is 1. The van der Waals surface area contributed by atoms with Crippen LogP contribution in [0.5, 0.6) is 0 Å². The number of nitrogens with zero attached hydrogens (tertiary/aromatic N) is 4. The van der Waals surface area contributed by atoms with Gasteiger partial charge in [-0.2, -0.15) is 10.6 Å². The first-order valence-electron chi connectivity index (χ1n) is 1.40. The lowest BCUT2D eigenvalue weighted by molar-refractivity contribution is 0.920. The summed E-state index contributed by atoms with van der Waals surface area (Å²) in [5.41, 5.74) is 6.04. The highest BCUT2D eigenvalue weighted by molar-refractivity contribution is 5.53. The summed E-state index contributed by atoms with van der Waals surface area (Å²) in [5.74, 6) is 4.58. The van der Waals surface area contributed by atoms with Crippen LogP contribution in [0.25, 0.3) is 0 Å². The molecule has 0 aromatic rings. The second-order valence-corrected chi connectivity index (χ2v) is 0.569. The predicted molar refractivity (Wildman–Crippen MR) is 22.7 cm³/mol. The van der Waals surface area contributed by atoms with E-state index in [1.165, 1.54) is 0 Å². The van der Waals surface area contributed by atoms with E-state index in [-0.39, 0.29) is 0 Å². The second-order valence-electron chi connectivity index (χ2n) is 0.569. The maximum absolute atomic E-state index is 6.04. The molecular weight excluding hydrogens is 96.1 g/mol. The average molecular weight is 100 g/mol. The molecule has 0 spiro atoms. The zero-order valence-corrected chi connectivity index (χ0v) is 3.44. The normalized spacial score (nSPS) is 10.9. The van der Waals surface area contributed by atoms with E-state index < -0.39 is 0 Å². The molecule has 3 N–H and O–H groups in total. The lowest BCUT2D eigenvalue weighted by Gasteiger charge is -1.64. The third kappa shape index (κ3) is 4.67. The number of rotatable bonds is 2. The quantitative estimate of drug-likeness (QED) is 0.168. The summed E-state index contributed by atoms with van der Waals surface area (Å²) < 4.78 is 0. The Bertz CT molecular complexity index is 90.4. The van der Waals surface area contributed by atoms with E-state index in [0.29, 0.717) is 0 Å². The van der Waals surface area contributed by atoms with Crippen molar-refractivity contribution >= 4 is 6.34 Å². The smallest absolute Gasteiger partial charge is 0.159 e. The Labute approximate surface area is 39.6 Å². The maximum Gasteiger partial charge on any atom is 0.159 e. The minimum absolute atomic E-state index is 0.984. The van der Waals surface area contributed by atoms with Crippen LogP contribution in [0.15, 0.2) is 20.7 Å². The number of hydrazone groups is 1. The summed E-state index contributed by atoms with van der Waals surface area (Å²) >= 11 is 0. The number of hydrogen-bond acceptors (Lipinski definition) is 3. The molecule has 6 nitrogen and oxygen atoms in total. The standard InChI is InChI=1S/CH4N6/c2-4-1-5-7-6-3/h1,3H,2H2/b4-1-,6-3?,7-5?. The molecule has 0 aliphatic carbocycles. The van der Waals surface area contributed by atoms with Gasteiger partial charge in [0.15, 0.2) is 6.34 Å². The van der Waals surface area contributed by atoms with Gasteiger partial charge in [0, 0.05) is 0 Å². The van der Waals surface area contributed by atoms with Crippen LogP contribution < -0.4 is 5.84 Å². The van der Waals surface area contributed by atoms with Crippen molar-refractivity contribution < 1.29 is 0 Å². The van der Waals surface area contributed by atoms with Crippen molar-refractivity contribution in [2.45, 2.75) is 0 Å². The second kappa shape index (κ2) is 4.67. The number of nitrogens with one attached hydrogen (secondary N) is 1. The molecule has 0 radical (unpaired) electrons. The van der Waals surface area contributed by atoms with Crippen LogP contribution in [0.1, 0.15) is 0 Å². The first-order valence-corrected chi connectivity index (χ1v) is 1.40. The van der Waals surface area contributed by atoms with Crippen molar-refractivity contribution in [1.82, 2.24) is 0 Å². The zero-order valence-electron chi connectivity index (χ0n) is 3.44. The van der Waals surface area contributed by atoms with E-state index in [9.17, 15) is 0 Å². The molecule has 0 saturated carbocycles. The van der Waals surface area contributed by atoms with Crippen molar-refractivity contribution in [2.75, 3.05) is 0 Å².